The normalized spacial score (nSPS) is 12.9. The van der Waals surface area contributed by atoms with Gasteiger partial charge in [-0.3, -0.25) is 4.79 Å². The van der Waals surface area contributed by atoms with Crippen molar-refractivity contribution in [3.63, 3.8) is 0 Å². The number of amides is 1. The molecule has 1 aromatic carbocycles. The van der Waals surface area contributed by atoms with Crippen LogP contribution in [0.1, 0.15) is 18.9 Å². The molecular weight excluding hydrogens is 376 g/mol. The summed E-state index contributed by atoms with van der Waals surface area (Å²) in [4.78, 5) is 12.5. The van der Waals surface area contributed by atoms with Crippen LogP contribution < -0.4 is 10.0 Å². The van der Waals surface area contributed by atoms with Gasteiger partial charge in [0.1, 0.15) is 0 Å². The maximum absolute atomic E-state index is 12.3. The summed E-state index contributed by atoms with van der Waals surface area (Å²) in [5, 5.41) is 3.31. The fourth-order valence-corrected chi connectivity index (χ4v) is 3.15. The lowest BCUT2D eigenvalue weighted by Crippen LogP contribution is -2.28. The number of hydrogen-bond donors (Lipinski definition) is 2. The molecule has 1 rings (SSSR count). The van der Waals surface area contributed by atoms with E-state index in [1.165, 1.54) is 26.3 Å². The highest BCUT2D eigenvalue weighted by atomic mass is 35.5. The monoisotopic (exact) mass is 400 g/mol. The number of allylic oxidation sites excluding steroid dienone is 3. The molecule has 0 radical (unpaired) electrons. The van der Waals surface area contributed by atoms with Gasteiger partial charge in [0.2, 0.25) is 15.9 Å². The fraction of sp³-hybridized carbons (Fsp3) is 0.389. The molecule has 8 heteroatoms. The number of rotatable bonds is 10. The lowest BCUT2D eigenvalue weighted by Gasteiger charge is -2.09. The maximum atomic E-state index is 12.3. The molecule has 1 aromatic rings. The third-order valence-corrected chi connectivity index (χ3v) is 5.20. The minimum Gasteiger partial charge on any atom is -0.380 e. The molecule has 6 nitrogen and oxygen atoms in total. The summed E-state index contributed by atoms with van der Waals surface area (Å²) in [5.74, 6) is -0.246. The van der Waals surface area contributed by atoms with Crippen LogP contribution in [0.25, 0.3) is 0 Å². The van der Waals surface area contributed by atoms with Crippen LogP contribution in [0.5, 0.6) is 0 Å². The molecule has 2 N–H and O–H groups in total. The average molecular weight is 401 g/mol. The van der Waals surface area contributed by atoms with Gasteiger partial charge in [0, 0.05) is 24.3 Å². The zero-order chi connectivity index (χ0) is 19.6. The molecule has 144 valence electrons. The van der Waals surface area contributed by atoms with Gasteiger partial charge in [0.25, 0.3) is 0 Å². The average Bonchev–Trinajstić information content (AvgIpc) is 2.62. The number of benzene rings is 1. The molecule has 0 aliphatic rings. The largest absolute Gasteiger partial charge is 0.380 e. The van der Waals surface area contributed by atoms with Crippen molar-refractivity contribution < 1.29 is 17.9 Å². The van der Waals surface area contributed by atoms with E-state index in [9.17, 15) is 13.2 Å². The molecule has 0 saturated heterocycles. The maximum Gasteiger partial charge on any atom is 0.249 e. The topological polar surface area (TPSA) is 84.5 Å². The van der Waals surface area contributed by atoms with E-state index in [1.54, 1.807) is 18.2 Å². The molecule has 0 atom stereocenters. The van der Waals surface area contributed by atoms with Gasteiger partial charge >= 0.3 is 0 Å². The quantitative estimate of drug-likeness (QED) is 0.466. The van der Waals surface area contributed by atoms with E-state index in [-0.39, 0.29) is 17.4 Å². The molecule has 26 heavy (non-hydrogen) atoms. The summed E-state index contributed by atoms with van der Waals surface area (Å²) in [6.45, 7) is 2.53. The van der Waals surface area contributed by atoms with Crippen LogP contribution in [0, 0.1) is 0 Å². The minimum absolute atomic E-state index is 0.163. The number of ether oxygens (including phenoxy) is 1. The van der Waals surface area contributed by atoms with Crippen LogP contribution in [0.2, 0.25) is 0 Å². The smallest absolute Gasteiger partial charge is 0.249 e. The second-order valence-electron chi connectivity index (χ2n) is 5.46. The second kappa shape index (κ2) is 11.1. The van der Waals surface area contributed by atoms with Gasteiger partial charge in [-0.05, 0) is 43.7 Å². The van der Waals surface area contributed by atoms with Crippen molar-refractivity contribution in [1.29, 1.82) is 0 Å². The predicted molar refractivity (Wildman–Crippen MR) is 104 cm³/mol. The molecule has 0 heterocycles. The van der Waals surface area contributed by atoms with Gasteiger partial charge in [-0.1, -0.05) is 36.7 Å². The Morgan fingerprint density at radius 2 is 1.92 bits per heavy atom. The number of carbonyl (C=O) groups is 1. The zero-order valence-electron chi connectivity index (χ0n) is 15.2. The number of methoxy groups -OCH3 is 1. The number of hydrogen-bond acceptors (Lipinski definition) is 4. The van der Waals surface area contributed by atoms with Crippen LogP contribution in [0.15, 0.2) is 51.9 Å². The predicted octanol–water partition coefficient (Wildman–Crippen LogP) is 2.36. The highest BCUT2D eigenvalue weighted by molar-refractivity contribution is 7.89. The molecule has 0 fully saturated rings. The molecule has 0 saturated carbocycles. The molecule has 1 amide bonds. The van der Waals surface area contributed by atoms with Crippen molar-refractivity contribution in [3.8, 4) is 0 Å². The Morgan fingerprint density at radius 1 is 1.27 bits per heavy atom. The van der Waals surface area contributed by atoms with E-state index in [0.29, 0.717) is 23.6 Å². The minimum atomic E-state index is -3.44. The van der Waals surface area contributed by atoms with Crippen molar-refractivity contribution in [3.05, 3.63) is 52.6 Å². The number of halogens is 1. The number of carbonyl (C=O) groups excluding carboxylic acids is 1. The van der Waals surface area contributed by atoms with Crippen LogP contribution in [0.3, 0.4) is 0 Å². The molecule has 0 spiro atoms. The van der Waals surface area contributed by atoms with Crippen LogP contribution in [-0.2, 0) is 26.0 Å². The molecule has 0 aliphatic heterocycles. The Labute approximate surface area is 160 Å². The summed E-state index contributed by atoms with van der Waals surface area (Å²) in [6, 6.07) is 6.52. The van der Waals surface area contributed by atoms with Crippen molar-refractivity contribution in [2.45, 2.75) is 24.7 Å². The summed E-state index contributed by atoms with van der Waals surface area (Å²) < 4.78 is 30.7. The Balaban J connectivity index is 2.65. The van der Waals surface area contributed by atoms with Crippen LogP contribution in [0.4, 0.5) is 0 Å². The standard InChI is InChI=1S/C18H25ClN2O4S/c1-4-5-16(19)12-15(13-25-3)18(22)21-11-10-14-6-8-17(9-7-14)26(23,24)20-2/h5-9,12,20H,4,10-11,13H2,1-3H3,(H,21,22)/b15-12+,16-5+. The molecule has 0 aromatic heterocycles. The molecule has 0 unspecified atom stereocenters. The van der Waals surface area contributed by atoms with Gasteiger partial charge in [0.05, 0.1) is 11.5 Å². The Morgan fingerprint density at radius 3 is 2.46 bits per heavy atom. The second-order valence-corrected chi connectivity index (χ2v) is 7.78. The van der Waals surface area contributed by atoms with E-state index in [4.69, 9.17) is 16.3 Å². The molecule has 0 aliphatic carbocycles. The summed E-state index contributed by atoms with van der Waals surface area (Å²) >= 11 is 6.04. The van der Waals surface area contributed by atoms with Crippen molar-refractivity contribution >= 4 is 27.5 Å². The third kappa shape index (κ3) is 7.29. The number of nitrogens with one attached hydrogen (secondary N) is 2. The first-order valence-corrected chi connectivity index (χ1v) is 10.1. The summed E-state index contributed by atoms with van der Waals surface area (Å²) in [6.07, 6.45) is 4.76. The van der Waals surface area contributed by atoms with E-state index in [1.807, 2.05) is 13.0 Å². The molecule has 0 bridgehead atoms. The van der Waals surface area contributed by atoms with E-state index < -0.39 is 10.0 Å². The van der Waals surface area contributed by atoms with Gasteiger partial charge in [-0.25, -0.2) is 13.1 Å². The van der Waals surface area contributed by atoms with Gasteiger partial charge in [-0.15, -0.1) is 0 Å². The van der Waals surface area contributed by atoms with E-state index >= 15 is 0 Å². The number of sulfonamides is 1. The summed E-state index contributed by atoms with van der Waals surface area (Å²) in [7, 11) is -0.562. The fourth-order valence-electron chi connectivity index (χ4n) is 2.14. The van der Waals surface area contributed by atoms with Crippen LogP contribution in [-0.4, -0.2) is 41.6 Å². The highest BCUT2D eigenvalue weighted by Gasteiger charge is 2.11. The van der Waals surface area contributed by atoms with Crippen molar-refractivity contribution in [2.75, 3.05) is 27.3 Å². The third-order valence-electron chi connectivity index (χ3n) is 3.50. The van der Waals surface area contributed by atoms with Gasteiger partial charge in [-0.2, -0.15) is 0 Å². The van der Waals surface area contributed by atoms with E-state index in [2.05, 4.69) is 10.0 Å². The van der Waals surface area contributed by atoms with Crippen molar-refractivity contribution in [1.82, 2.24) is 10.0 Å². The molecular formula is C18H25ClN2O4S. The van der Waals surface area contributed by atoms with Gasteiger partial charge in [0.15, 0.2) is 0 Å². The lowest BCUT2D eigenvalue weighted by molar-refractivity contribution is -0.118. The lowest BCUT2D eigenvalue weighted by atomic mass is 10.1. The van der Waals surface area contributed by atoms with Gasteiger partial charge < -0.3 is 10.1 Å². The Bertz CT molecular complexity index is 756. The summed E-state index contributed by atoms with van der Waals surface area (Å²) in [5.41, 5.74) is 1.36. The Hall–Kier alpha value is -1.67. The SMILES string of the molecule is CC/C=C(Cl)\C=C(/COC)C(=O)NCCc1ccc(S(=O)(=O)NC)cc1. The van der Waals surface area contributed by atoms with E-state index in [0.717, 1.165) is 12.0 Å². The Kier molecular flexibility index (Phi) is 9.58. The van der Waals surface area contributed by atoms with Crippen molar-refractivity contribution in [2.24, 2.45) is 0 Å². The first kappa shape index (κ1) is 22.4. The first-order valence-electron chi connectivity index (χ1n) is 8.20. The highest BCUT2D eigenvalue weighted by Crippen LogP contribution is 2.11. The zero-order valence-corrected chi connectivity index (χ0v) is 16.8. The van der Waals surface area contributed by atoms with Crippen LogP contribution >= 0.6 is 11.6 Å². The first-order chi connectivity index (χ1) is 12.3.